The summed E-state index contributed by atoms with van der Waals surface area (Å²) in [5.74, 6) is 0. The molecule has 1 N–H and O–H groups in total. The highest BCUT2D eigenvalue weighted by Gasteiger charge is 2.07. The molecule has 0 aliphatic carbocycles. The molecule has 1 atom stereocenters. The van der Waals surface area contributed by atoms with Crippen molar-refractivity contribution in [3.8, 4) is 6.07 Å². The molecular formula is C13H18N2O. The second kappa shape index (κ2) is 6.86. The molecule has 0 saturated heterocycles. The largest absolute Gasteiger partial charge is 0.381 e. The Bertz CT molecular complexity index is 357. The fraction of sp³-hybridized carbons (Fsp3) is 0.462. The van der Waals surface area contributed by atoms with Gasteiger partial charge in [-0.2, -0.15) is 5.26 Å². The number of methoxy groups -OCH3 is 1. The van der Waals surface area contributed by atoms with Crippen LogP contribution >= 0.6 is 0 Å². The molecule has 0 aliphatic heterocycles. The third-order valence-corrected chi connectivity index (χ3v) is 2.51. The van der Waals surface area contributed by atoms with E-state index in [4.69, 9.17) is 10.00 Å². The molecule has 3 nitrogen and oxygen atoms in total. The lowest BCUT2D eigenvalue weighted by molar-refractivity contribution is 0.185. The zero-order valence-electron chi connectivity index (χ0n) is 9.86. The maximum absolute atomic E-state index is 8.70. The SMILES string of the molecule is CCC(CC#N)Nc1ccccc1COC. The van der Waals surface area contributed by atoms with Crippen molar-refractivity contribution < 1.29 is 4.74 Å². The van der Waals surface area contributed by atoms with Crippen molar-refractivity contribution in [2.24, 2.45) is 0 Å². The molecule has 0 saturated carbocycles. The van der Waals surface area contributed by atoms with Crippen LogP contribution in [0.2, 0.25) is 0 Å². The minimum absolute atomic E-state index is 0.211. The van der Waals surface area contributed by atoms with Gasteiger partial charge >= 0.3 is 0 Å². The fourth-order valence-corrected chi connectivity index (χ4v) is 1.57. The number of nitrogens with one attached hydrogen (secondary N) is 1. The van der Waals surface area contributed by atoms with Gasteiger partial charge in [-0.05, 0) is 12.5 Å². The molecule has 0 bridgehead atoms. The highest BCUT2D eigenvalue weighted by molar-refractivity contribution is 5.51. The van der Waals surface area contributed by atoms with Crippen molar-refractivity contribution in [3.63, 3.8) is 0 Å². The molecule has 86 valence electrons. The van der Waals surface area contributed by atoms with Crippen LogP contribution in [0.4, 0.5) is 5.69 Å². The Morgan fingerprint density at radius 3 is 2.81 bits per heavy atom. The Morgan fingerprint density at radius 1 is 1.44 bits per heavy atom. The number of hydrogen-bond acceptors (Lipinski definition) is 3. The lowest BCUT2D eigenvalue weighted by Gasteiger charge is -2.17. The summed E-state index contributed by atoms with van der Waals surface area (Å²) in [6.45, 7) is 2.67. The molecular weight excluding hydrogens is 200 g/mol. The van der Waals surface area contributed by atoms with Crippen molar-refractivity contribution >= 4 is 5.69 Å². The predicted molar refractivity (Wildman–Crippen MR) is 65.1 cm³/mol. The first kappa shape index (κ1) is 12.5. The molecule has 1 aromatic carbocycles. The molecule has 0 radical (unpaired) electrons. The van der Waals surface area contributed by atoms with Crippen molar-refractivity contribution in [2.75, 3.05) is 12.4 Å². The molecule has 1 unspecified atom stereocenters. The first-order valence-electron chi connectivity index (χ1n) is 5.52. The third-order valence-electron chi connectivity index (χ3n) is 2.51. The number of para-hydroxylation sites is 1. The van der Waals surface area contributed by atoms with Crippen LogP contribution in [0.3, 0.4) is 0 Å². The summed E-state index contributed by atoms with van der Waals surface area (Å²) in [6.07, 6.45) is 1.46. The summed E-state index contributed by atoms with van der Waals surface area (Å²) in [5, 5.41) is 12.1. The smallest absolute Gasteiger partial charge is 0.0733 e. The molecule has 16 heavy (non-hydrogen) atoms. The molecule has 0 heterocycles. The second-order valence-corrected chi connectivity index (χ2v) is 3.70. The van der Waals surface area contributed by atoms with Gasteiger partial charge < -0.3 is 10.1 Å². The van der Waals surface area contributed by atoms with E-state index in [0.717, 1.165) is 17.7 Å². The first-order valence-corrected chi connectivity index (χ1v) is 5.52. The van der Waals surface area contributed by atoms with Crippen LogP contribution in [-0.4, -0.2) is 13.2 Å². The van der Waals surface area contributed by atoms with Crippen molar-refractivity contribution in [2.45, 2.75) is 32.4 Å². The number of hydrogen-bond donors (Lipinski definition) is 1. The predicted octanol–water partition coefficient (Wildman–Crippen LogP) is 2.94. The standard InChI is InChI=1S/C13H18N2O/c1-3-12(8-9-14)15-13-7-5-4-6-11(13)10-16-2/h4-7,12,15H,3,8,10H2,1-2H3. The average molecular weight is 218 g/mol. The normalized spacial score (nSPS) is 11.8. The Labute approximate surface area is 97.0 Å². The van der Waals surface area contributed by atoms with Crippen LogP contribution in [0.1, 0.15) is 25.3 Å². The van der Waals surface area contributed by atoms with Crippen molar-refractivity contribution in [1.29, 1.82) is 5.26 Å². The highest BCUT2D eigenvalue weighted by atomic mass is 16.5. The summed E-state index contributed by atoms with van der Waals surface area (Å²) in [7, 11) is 1.68. The van der Waals surface area contributed by atoms with Crippen LogP contribution in [0.25, 0.3) is 0 Å². The number of benzene rings is 1. The van der Waals surface area contributed by atoms with Crippen LogP contribution < -0.4 is 5.32 Å². The fourth-order valence-electron chi connectivity index (χ4n) is 1.57. The van der Waals surface area contributed by atoms with E-state index >= 15 is 0 Å². The zero-order chi connectivity index (χ0) is 11.8. The summed E-state index contributed by atoms with van der Waals surface area (Å²) >= 11 is 0. The maximum Gasteiger partial charge on any atom is 0.0733 e. The number of ether oxygens (including phenoxy) is 1. The van der Waals surface area contributed by atoms with Crippen molar-refractivity contribution in [1.82, 2.24) is 0 Å². The Balaban J connectivity index is 2.74. The van der Waals surface area contributed by atoms with Crippen LogP contribution in [-0.2, 0) is 11.3 Å². The molecule has 0 aromatic heterocycles. The minimum Gasteiger partial charge on any atom is -0.381 e. The minimum atomic E-state index is 0.211. The summed E-state index contributed by atoms with van der Waals surface area (Å²) < 4.78 is 5.14. The molecule has 1 aromatic rings. The van der Waals surface area contributed by atoms with Gasteiger partial charge in [0.1, 0.15) is 0 Å². The monoisotopic (exact) mass is 218 g/mol. The summed E-state index contributed by atoms with van der Waals surface area (Å²) in [4.78, 5) is 0. The van der Waals surface area contributed by atoms with E-state index in [9.17, 15) is 0 Å². The van der Waals surface area contributed by atoms with E-state index in [0.29, 0.717) is 13.0 Å². The topological polar surface area (TPSA) is 45.0 Å². The first-order chi connectivity index (χ1) is 7.81. The second-order valence-electron chi connectivity index (χ2n) is 3.70. The van der Waals surface area contributed by atoms with Crippen LogP contribution in [0, 0.1) is 11.3 Å². The van der Waals surface area contributed by atoms with Gasteiger partial charge in [-0.1, -0.05) is 25.1 Å². The van der Waals surface area contributed by atoms with Gasteiger partial charge in [0, 0.05) is 24.4 Å². The van der Waals surface area contributed by atoms with E-state index in [2.05, 4.69) is 18.3 Å². The van der Waals surface area contributed by atoms with Crippen LogP contribution in [0.15, 0.2) is 24.3 Å². The van der Waals surface area contributed by atoms with Crippen LogP contribution in [0.5, 0.6) is 0 Å². The zero-order valence-corrected chi connectivity index (χ0v) is 9.86. The van der Waals surface area contributed by atoms with Gasteiger partial charge in [0.05, 0.1) is 19.1 Å². The summed E-state index contributed by atoms with van der Waals surface area (Å²) in [6, 6.07) is 10.4. The van der Waals surface area contributed by atoms with E-state index in [1.807, 2.05) is 24.3 Å². The van der Waals surface area contributed by atoms with E-state index in [1.165, 1.54) is 0 Å². The Hall–Kier alpha value is -1.53. The number of nitriles is 1. The molecule has 0 spiro atoms. The van der Waals surface area contributed by atoms with Gasteiger partial charge in [0.25, 0.3) is 0 Å². The highest BCUT2D eigenvalue weighted by Crippen LogP contribution is 2.18. The number of rotatable bonds is 6. The van der Waals surface area contributed by atoms with Gasteiger partial charge in [-0.3, -0.25) is 0 Å². The van der Waals surface area contributed by atoms with Gasteiger partial charge in [0.2, 0.25) is 0 Å². The number of anilines is 1. The van der Waals surface area contributed by atoms with Gasteiger partial charge in [0.15, 0.2) is 0 Å². The lowest BCUT2D eigenvalue weighted by atomic mass is 10.1. The van der Waals surface area contributed by atoms with Crippen molar-refractivity contribution in [3.05, 3.63) is 29.8 Å². The lowest BCUT2D eigenvalue weighted by Crippen LogP contribution is -2.18. The average Bonchev–Trinajstić information content (AvgIpc) is 2.31. The Morgan fingerprint density at radius 2 is 2.19 bits per heavy atom. The Kier molecular flexibility index (Phi) is 5.38. The molecule has 0 fully saturated rings. The quantitative estimate of drug-likeness (QED) is 0.798. The third kappa shape index (κ3) is 3.56. The molecule has 3 heteroatoms. The van der Waals surface area contributed by atoms with Gasteiger partial charge in [-0.15, -0.1) is 0 Å². The van der Waals surface area contributed by atoms with E-state index in [1.54, 1.807) is 7.11 Å². The maximum atomic E-state index is 8.70. The van der Waals surface area contributed by atoms with E-state index in [-0.39, 0.29) is 6.04 Å². The number of nitrogens with zero attached hydrogens (tertiary/aromatic N) is 1. The van der Waals surface area contributed by atoms with Gasteiger partial charge in [-0.25, -0.2) is 0 Å². The molecule has 0 amide bonds. The molecule has 0 aliphatic rings. The summed E-state index contributed by atoms with van der Waals surface area (Å²) in [5.41, 5.74) is 2.19. The molecule has 1 rings (SSSR count). The van der Waals surface area contributed by atoms with E-state index < -0.39 is 0 Å².